The lowest BCUT2D eigenvalue weighted by Gasteiger charge is -2.24. The van der Waals surface area contributed by atoms with Crippen molar-refractivity contribution in [3.8, 4) is 0 Å². The molecule has 1 aliphatic heterocycles. The molecule has 1 heterocycles. The second kappa shape index (κ2) is 5.72. The highest BCUT2D eigenvalue weighted by molar-refractivity contribution is 6.31. The van der Waals surface area contributed by atoms with Crippen molar-refractivity contribution in [2.24, 2.45) is 5.41 Å². The summed E-state index contributed by atoms with van der Waals surface area (Å²) in [6, 6.07) is 7.43. The Morgan fingerprint density at radius 3 is 2.89 bits per heavy atom. The first-order valence-corrected chi connectivity index (χ1v) is 6.67. The fourth-order valence-corrected chi connectivity index (χ4v) is 2.47. The van der Waals surface area contributed by atoms with Crippen molar-refractivity contribution in [1.29, 1.82) is 0 Å². The van der Waals surface area contributed by atoms with Crippen LogP contribution in [0.5, 0.6) is 0 Å². The molecule has 2 rings (SSSR count). The molecule has 1 saturated heterocycles. The summed E-state index contributed by atoms with van der Waals surface area (Å²) in [6.07, 6.45) is 1.66. The van der Waals surface area contributed by atoms with Crippen LogP contribution in [0.25, 0.3) is 0 Å². The molecule has 0 spiro atoms. The largest absolute Gasteiger partial charge is 0.460 e. The van der Waals surface area contributed by atoms with Gasteiger partial charge in [0.1, 0.15) is 6.61 Å². The zero-order valence-electron chi connectivity index (χ0n) is 10.5. The number of ether oxygens (including phenoxy) is 1. The number of esters is 1. The smallest absolute Gasteiger partial charge is 0.313 e. The summed E-state index contributed by atoms with van der Waals surface area (Å²) in [4.78, 5) is 12.2. The number of halogens is 1. The van der Waals surface area contributed by atoms with E-state index in [9.17, 15) is 4.79 Å². The average molecular weight is 268 g/mol. The second-order valence-corrected chi connectivity index (χ2v) is 5.14. The molecule has 3 nitrogen and oxygen atoms in total. The van der Waals surface area contributed by atoms with Gasteiger partial charge in [0.2, 0.25) is 0 Å². The van der Waals surface area contributed by atoms with Crippen molar-refractivity contribution in [1.82, 2.24) is 5.32 Å². The molecular formula is C14H18ClNO2. The van der Waals surface area contributed by atoms with Crippen molar-refractivity contribution in [2.45, 2.75) is 26.4 Å². The van der Waals surface area contributed by atoms with E-state index in [4.69, 9.17) is 16.3 Å². The Balaban J connectivity index is 1.98. The molecule has 4 heteroatoms. The molecule has 0 radical (unpaired) electrons. The van der Waals surface area contributed by atoms with Crippen molar-refractivity contribution in [2.75, 3.05) is 13.1 Å². The van der Waals surface area contributed by atoms with Crippen LogP contribution in [-0.2, 0) is 16.1 Å². The fourth-order valence-electron chi connectivity index (χ4n) is 2.28. The van der Waals surface area contributed by atoms with Crippen molar-refractivity contribution in [3.63, 3.8) is 0 Å². The molecule has 0 aromatic heterocycles. The Labute approximate surface area is 112 Å². The highest BCUT2D eigenvalue weighted by Gasteiger charge is 2.40. The minimum Gasteiger partial charge on any atom is -0.460 e. The van der Waals surface area contributed by atoms with Crippen molar-refractivity contribution < 1.29 is 9.53 Å². The first kappa shape index (κ1) is 13.4. The first-order chi connectivity index (χ1) is 8.68. The van der Waals surface area contributed by atoms with E-state index in [0.717, 1.165) is 24.9 Å². The number of rotatable bonds is 4. The van der Waals surface area contributed by atoms with E-state index in [1.165, 1.54) is 0 Å². The zero-order chi connectivity index (χ0) is 13.0. The van der Waals surface area contributed by atoms with Gasteiger partial charge in [-0.25, -0.2) is 0 Å². The summed E-state index contributed by atoms with van der Waals surface area (Å²) in [5.74, 6) is -0.116. The lowest BCUT2D eigenvalue weighted by molar-refractivity contribution is -0.156. The molecule has 18 heavy (non-hydrogen) atoms. The quantitative estimate of drug-likeness (QED) is 0.853. The van der Waals surface area contributed by atoms with E-state index in [0.29, 0.717) is 11.6 Å². The molecule has 0 amide bonds. The maximum Gasteiger partial charge on any atom is 0.313 e. The van der Waals surface area contributed by atoms with Gasteiger partial charge >= 0.3 is 5.97 Å². The Morgan fingerprint density at radius 2 is 2.28 bits per heavy atom. The standard InChI is InChI=1S/C14H18ClNO2/c1-2-14(7-8-16-10-14)13(17)18-9-11-5-3-4-6-12(11)15/h3-6,16H,2,7-10H2,1H3. The van der Waals surface area contributed by atoms with Gasteiger partial charge in [-0.1, -0.05) is 36.7 Å². The van der Waals surface area contributed by atoms with Gasteiger partial charge in [0.15, 0.2) is 0 Å². The molecule has 0 saturated carbocycles. The topological polar surface area (TPSA) is 38.3 Å². The molecule has 1 unspecified atom stereocenters. The monoisotopic (exact) mass is 267 g/mol. The minimum atomic E-state index is -0.346. The van der Waals surface area contributed by atoms with Gasteiger partial charge in [-0.3, -0.25) is 4.79 Å². The summed E-state index contributed by atoms with van der Waals surface area (Å²) in [5.41, 5.74) is 0.506. The van der Waals surface area contributed by atoms with Gasteiger partial charge in [-0.15, -0.1) is 0 Å². The highest BCUT2D eigenvalue weighted by Crippen LogP contribution is 2.31. The predicted molar refractivity (Wildman–Crippen MR) is 71.5 cm³/mol. The Morgan fingerprint density at radius 1 is 1.50 bits per heavy atom. The molecular weight excluding hydrogens is 250 g/mol. The van der Waals surface area contributed by atoms with Crippen LogP contribution in [-0.4, -0.2) is 19.1 Å². The van der Waals surface area contributed by atoms with Gasteiger partial charge in [0.05, 0.1) is 5.41 Å². The highest BCUT2D eigenvalue weighted by atomic mass is 35.5. The summed E-state index contributed by atoms with van der Waals surface area (Å²) in [6.45, 7) is 3.88. The van der Waals surface area contributed by atoms with Crippen LogP contribution in [0.3, 0.4) is 0 Å². The van der Waals surface area contributed by atoms with Gasteiger partial charge in [0, 0.05) is 17.1 Å². The summed E-state index contributed by atoms with van der Waals surface area (Å²) in [5, 5.41) is 3.87. The van der Waals surface area contributed by atoms with Gasteiger partial charge in [-0.2, -0.15) is 0 Å². The first-order valence-electron chi connectivity index (χ1n) is 6.29. The van der Waals surface area contributed by atoms with Crippen molar-refractivity contribution >= 4 is 17.6 Å². The minimum absolute atomic E-state index is 0.116. The van der Waals surface area contributed by atoms with E-state index >= 15 is 0 Å². The van der Waals surface area contributed by atoms with Crippen LogP contribution in [0.2, 0.25) is 5.02 Å². The van der Waals surface area contributed by atoms with Crippen LogP contribution >= 0.6 is 11.6 Å². The van der Waals surface area contributed by atoms with Crippen LogP contribution in [0, 0.1) is 5.41 Å². The number of hydrogen-bond donors (Lipinski definition) is 1. The van der Waals surface area contributed by atoms with Gasteiger partial charge in [-0.05, 0) is 25.5 Å². The van der Waals surface area contributed by atoms with Crippen molar-refractivity contribution in [3.05, 3.63) is 34.9 Å². The van der Waals surface area contributed by atoms with Gasteiger partial charge < -0.3 is 10.1 Å². The fraction of sp³-hybridized carbons (Fsp3) is 0.500. The summed E-state index contributed by atoms with van der Waals surface area (Å²) >= 11 is 6.03. The summed E-state index contributed by atoms with van der Waals surface area (Å²) < 4.78 is 5.42. The summed E-state index contributed by atoms with van der Waals surface area (Å²) in [7, 11) is 0. The Kier molecular flexibility index (Phi) is 4.25. The molecule has 1 aromatic carbocycles. The zero-order valence-corrected chi connectivity index (χ0v) is 11.3. The third-order valence-corrected chi connectivity index (χ3v) is 4.04. The number of nitrogens with one attached hydrogen (secondary N) is 1. The number of carbonyl (C=O) groups excluding carboxylic acids is 1. The molecule has 0 aliphatic carbocycles. The molecule has 1 aliphatic rings. The Bertz CT molecular complexity index is 428. The number of hydrogen-bond acceptors (Lipinski definition) is 3. The molecule has 1 atom stereocenters. The average Bonchev–Trinajstić information content (AvgIpc) is 2.87. The van der Waals surface area contributed by atoms with E-state index in [2.05, 4.69) is 5.32 Å². The van der Waals surface area contributed by atoms with Crippen LogP contribution in [0.1, 0.15) is 25.3 Å². The van der Waals surface area contributed by atoms with E-state index < -0.39 is 0 Å². The molecule has 1 fully saturated rings. The molecule has 1 aromatic rings. The normalized spacial score (nSPS) is 23.0. The maximum atomic E-state index is 12.2. The number of benzene rings is 1. The van der Waals surface area contributed by atoms with E-state index in [-0.39, 0.29) is 18.0 Å². The van der Waals surface area contributed by atoms with Crippen LogP contribution < -0.4 is 5.32 Å². The third-order valence-electron chi connectivity index (χ3n) is 3.67. The lowest BCUT2D eigenvalue weighted by Crippen LogP contribution is -2.34. The van der Waals surface area contributed by atoms with E-state index in [1.54, 1.807) is 6.07 Å². The lowest BCUT2D eigenvalue weighted by atomic mass is 9.84. The maximum absolute atomic E-state index is 12.2. The van der Waals surface area contributed by atoms with Crippen LogP contribution in [0.15, 0.2) is 24.3 Å². The molecule has 98 valence electrons. The molecule has 1 N–H and O–H groups in total. The number of carbonyl (C=O) groups is 1. The molecule has 0 bridgehead atoms. The second-order valence-electron chi connectivity index (χ2n) is 4.73. The van der Waals surface area contributed by atoms with E-state index in [1.807, 2.05) is 25.1 Å². The Hall–Kier alpha value is -1.06. The van der Waals surface area contributed by atoms with Gasteiger partial charge in [0.25, 0.3) is 0 Å². The third kappa shape index (κ3) is 2.68. The predicted octanol–water partition coefficient (Wildman–Crippen LogP) is 2.77. The van der Waals surface area contributed by atoms with Crippen LogP contribution in [0.4, 0.5) is 0 Å². The SMILES string of the molecule is CCC1(C(=O)OCc2ccccc2Cl)CCNC1.